The average molecular weight is 291 g/mol. The van der Waals surface area contributed by atoms with Crippen LogP contribution in [0.1, 0.15) is 18.4 Å². The van der Waals surface area contributed by atoms with Crippen molar-refractivity contribution in [1.29, 1.82) is 5.26 Å². The molecule has 1 aromatic carbocycles. The highest BCUT2D eigenvalue weighted by Gasteiger charge is 2.31. The number of hydrogen-bond donors (Lipinski definition) is 0. The Morgan fingerprint density at radius 2 is 2.40 bits per heavy atom. The van der Waals surface area contributed by atoms with Gasteiger partial charge < -0.3 is 4.74 Å². The summed E-state index contributed by atoms with van der Waals surface area (Å²) < 4.78 is 5.40. The molecule has 2 aromatic rings. The van der Waals surface area contributed by atoms with Crippen molar-refractivity contribution in [1.82, 2.24) is 4.98 Å². The molecule has 0 aliphatic carbocycles. The maximum absolute atomic E-state index is 11.7. The number of hydrogen-bond acceptors (Lipinski definition) is 7. The fourth-order valence-corrected chi connectivity index (χ4v) is 2.51. The summed E-state index contributed by atoms with van der Waals surface area (Å²) in [7, 11) is 0. The number of esters is 1. The largest absolute Gasteiger partial charge is 0.465 e. The fraction of sp³-hybridized carbons (Fsp3) is 0.250. The number of nitrogens with zero attached hydrogens (tertiary/aromatic N) is 3. The van der Waals surface area contributed by atoms with Crippen molar-refractivity contribution in [3.63, 3.8) is 0 Å². The van der Waals surface area contributed by atoms with Crippen molar-refractivity contribution in [3.05, 3.63) is 33.3 Å². The first kappa shape index (κ1) is 13.9. The minimum absolute atomic E-state index is 0.00866. The maximum atomic E-state index is 11.7. The van der Waals surface area contributed by atoms with E-state index >= 15 is 0 Å². The van der Waals surface area contributed by atoms with E-state index in [1.165, 1.54) is 22.9 Å². The van der Waals surface area contributed by atoms with Crippen molar-refractivity contribution in [2.24, 2.45) is 0 Å². The molecule has 1 heterocycles. The van der Waals surface area contributed by atoms with Gasteiger partial charge in [-0.3, -0.25) is 14.9 Å². The van der Waals surface area contributed by atoms with Gasteiger partial charge in [0.2, 0.25) is 0 Å². The molecule has 0 saturated heterocycles. The van der Waals surface area contributed by atoms with E-state index in [0.29, 0.717) is 4.70 Å². The van der Waals surface area contributed by atoms with Gasteiger partial charge in [0, 0.05) is 0 Å². The second-order valence-corrected chi connectivity index (χ2v) is 4.66. The summed E-state index contributed by atoms with van der Waals surface area (Å²) in [6.45, 7) is 1.70. The van der Waals surface area contributed by atoms with Crippen LogP contribution in [-0.2, 0) is 9.53 Å². The van der Waals surface area contributed by atoms with E-state index in [4.69, 9.17) is 10.00 Å². The Hall–Kier alpha value is -2.53. The molecule has 20 heavy (non-hydrogen) atoms. The number of rotatable bonds is 4. The first-order valence-corrected chi connectivity index (χ1v) is 6.54. The molecule has 0 radical (unpaired) electrons. The summed E-state index contributed by atoms with van der Waals surface area (Å²) >= 11 is 1.25. The van der Waals surface area contributed by atoms with Gasteiger partial charge in [-0.1, -0.05) is 0 Å². The standard InChI is InChI=1S/C12H9N3O4S/c1-2-19-12(16)8(5-13)7-3-4-9-10(14-6-20-9)11(7)15(17)18/h3-4,6,8H,2H2,1H3. The van der Waals surface area contributed by atoms with Gasteiger partial charge in [0.15, 0.2) is 11.4 Å². The minimum atomic E-state index is -1.33. The van der Waals surface area contributed by atoms with Gasteiger partial charge in [0.1, 0.15) is 0 Å². The van der Waals surface area contributed by atoms with E-state index in [1.54, 1.807) is 19.1 Å². The third-order valence-electron chi connectivity index (χ3n) is 2.65. The van der Waals surface area contributed by atoms with Gasteiger partial charge in [-0.15, -0.1) is 11.3 Å². The van der Waals surface area contributed by atoms with Gasteiger partial charge >= 0.3 is 11.7 Å². The van der Waals surface area contributed by atoms with Gasteiger partial charge in [-0.2, -0.15) is 5.26 Å². The molecule has 0 aliphatic heterocycles. The summed E-state index contributed by atoms with van der Waals surface area (Å²) in [5.41, 5.74) is 1.35. The Labute approximate surface area is 117 Å². The topological polar surface area (TPSA) is 106 Å². The zero-order valence-electron chi connectivity index (χ0n) is 10.4. The lowest BCUT2D eigenvalue weighted by Gasteiger charge is -2.09. The number of nitro benzene ring substituents is 1. The van der Waals surface area contributed by atoms with Crippen LogP contribution in [-0.4, -0.2) is 22.5 Å². The second kappa shape index (κ2) is 5.63. The lowest BCUT2D eigenvalue weighted by Crippen LogP contribution is -2.16. The number of fused-ring (bicyclic) bond motifs is 1. The SMILES string of the molecule is CCOC(=O)C(C#N)c1ccc2scnc2c1[N+](=O)[O-]. The lowest BCUT2D eigenvalue weighted by molar-refractivity contribution is -0.384. The van der Waals surface area contributed by atoms with Gasteiger partial charge in [-0.05, 0) is 19.1 Å². The number of thiazole rings is 1. The van der Waals surface area contributed by atoms with Crippen LogP contribution in [0.15, 0.2) is 17.6 Å². The van der Waals surface area contributed by atoms with Crippen molar-refractivity contribution in [3.8, 4) is 6.07 Å². The molecule has 1 atom stereocenters. The fourth-order valence-electron chi connectivity index (χ4n) is 1.83. The second-order valence-electron chi connectivity index (χ2n) is 3.77. The van der Waals surface area contributed by atoms with Gasteiger partial charge in [-0.25, -0.2) is 4.98 Å². The quantitative estimate of drug-likeness (QED) is 0.486. The Balaban J connectivity index is 2.63. The summed E-state index contributed by atoms with van der Waals surface area (Å²) in [6.07, 6.45) is 0. The molecule has 0 amide bonds. The molecule has 1 aromatic heterocycles. The summed E-state index contributed by atoms with van der Waals surface area (Å²) in [5.74, 6) is -2.13. The predicted molar refractivity (Wildman–Crippen MR) is 71.3 cm³/mol. The van der Waals surface area contributed by atoms with Crippen LogP contribution in [0.4, 0.5) is 5.69 Å². The first-order chi connectivity index (χ1) is 9.60. The molecule has 7 nitrogen and oxygen atoms in total. The van der Waals surface area contributed by atoms with Crippen LogP contribution in [0.3, 0.4) is 0 Å². The summed E-state index contributed by atoms with van der Waals surface area (Å²) in [5, 5.41) is 20.4. The van der Waals surface area contributed by atoms with Crippen LogP contribution in [0.2, 0.25) is 0 Å². The molecule has 0 fully saturated rings. The highest BCUT2D eigenvalue weighted by atomic mass is 32.1. The van der Waals surface area contributed by atoms with Crippen molar-refractivity contribution in [2.75, 3.05) is 6.61 Å². The lowest BCUT2D eigenvalue weighted by atomic mass is 9.98. The van der Waals surface area contributed by atoms with Gasteiger partial charge in [0.05, 0.1) is 33.4 Å². The number of carbonyl (C=O) groups excluding carboxylic acids is 1. The molecule has 0 spiro atoms. The van der Waals surface area contributed by atoms with Gasteiger partial charge in [0.25, 0.3) is 0 Å². The zero-order chi connectivity index (χ0) is 14.7. The predicted octanol–water partition coefficient (Wildman–Crippen LogP) is 2.37. The van der Waals surface area contributed by atoms with E-state index in [2.05, 4.69) is 4.98 Å². The van der Waals surface area contributed by atoms with E-state index in [9.17, 15) is 14.9 Å². The summed E-state index contributed by atoms with van der Waals surface area (Å²) in [4.78, 5) is 26.3. The Morgan fingerprint density at radius 1 is 1.65 bits per heavy atom. The van der Waals surface area contributed by atoms with Crippen LogP contribution in [0.25, 0.3) is 10.2 Å². The highest BCUT2D eigenvalue weighted by Crippen LogP contribution is 2.35. The maximum Gasteiger partial charge on any atom is 0.328 e. The highest BCUT2D eigenvalue weighted by molar-refractivity contribution is 7.16. The molecule has 0 bridgehead atoms. The van der Waals surface area contributed by atoms with Crippen LogP contribution < -0.4 is 0 Å². The first-order valence-electron chi connectivity index (χ1n) is 5.66. The number of carbonyl (C=O) groups is 1. The Morgan fingerprint density at radius 3 is 3.00 bits per heavy atom. The molecular weight excluding hydrogens is 282 g/mol. The summed E-state index contributed by atoms with van der Waals surface area (Å²) in [6, 6.07) is 4.77. The normalized spacial score (nSPS) is 11.8. The molecule has 0 aliphatic rings. The molecule has 2 rings (SSSR count). The minimum Gasteiger partial charge on any atom is -0.465 e. The van der Waals surface area contributed by atoms with Crippen LogP contribution in [0, 0.1) is 21.4 Å². The molecule has 0 saturated carbocycles. The molecule has 0 N–H and O–H groups in total. The van der Waals surface area contributed by atoms with Crippen molar-refractivity contribution in [2.45, 2.75) is 12.8 Å². The van der Waals surface area contributed by atoms with E-state index in [0.717, 1.165) is 0 Å². The Kier molecular flexibility index (Phi) is 3.91. The molecule has 8 heteroatoms. The molecule has 102 valence electrons. The third kappa shape index (κ3) is 2.31. The number of ether oxygens (including phenoxy) is 1. The van der Waals surface area contributed by atoms with Crippen molar-refractivity contribution >= 4 is 33.2 Å². The van der Waals surface area contributed by atoms with E-state index < -0.39 is 16.8 Å². The number of aromatic nitrogens is 1. The van der Waals surface area contributed by atoms with E-state index in [1.807, 2.05) is 0 Å². The number of benzene rings is 1. The Bertz CT molecular complexity index is 719. The van der Waals surface area contributed by atoms with E-state index in [-0.39, 0.29) is 23.4 Å². The number of nitro groups is 1. The smallest absolute Gasteiger partial charge is 0.328 e. The average Bonchev–Trinajstić information content (AvgIpc) is 2.87. The van der Waals surface area contributed by atoms with Crippen LogP contribution in [0.5, 0.6) is 0 Å². The zero-order valence-corrected chi connectivity index (χ0v) is 11.2. The van der Waals surface area contributed by atoms with Crippen LogP contribution >= 0.6 is 11.3 Å². The number of nitriles is 1. The molecule has 1 unspecified atom stereocenters. The monoisotopic (exact) mass is 291 g/mol. The van der Waals surface area contributed by atoms with Crippen molar-refractivity contribution < 1.29 is 14.5 Å². The third-order valence-corrected chi connectivity index (χ3v) is 3.45. The molecular formula is C12H9N3O4S.